The van der Waals surface area contributed by atoms with Gasteiger partial charge in [0.05, 0.1) is 0 Å². The van der Waals surface area contributed by atoms with E-state index in [1.807, 2.05) is 20.8 Å². The van der Waals surface area contributed by atoms with Gasteiger partial charge in [0, 0.05) is 5.54 Å². The molecule has 0 saturated carbocycles. The molecule has 0 bridgehead atoms. The fraction of sp³-hybridized carbons (Fsp3) is 0.571. The van der Waals surface area contributed by atoms with Gasteiger partial charge in [-0.05, 0) is 33.0 Å². The van der Waals surface area contributed by atoms with Crippen molar-refractivity contribution in [3.05, 3.63) is 12.7 Å². The molecule has 0 aliphatic carbocycles. The first-order valence-electron chi connectivity index (χ1n) is 3.91. The molecule has 13 heavy (non-hydrogen) atoms. The van der Waals surface area contributed by atoms with Crippen LogP contribution in [0.3, 0.4) is 0 Å². The minimum absolute atomic E-state index is 0.0436. The Hall–Kier alpha value is -1.17. The van der Waals surface area contributed by atoms with Crippen molar-refractivity contribution in [3.63, 3.8) is 0 Å². The van der Waals surface area contributed by atoms with Crippen LogP contribution in [0.1, 0.15) is 20.8 Å². The summed E-state index contributed by atoms with van der Waals surface area (Å²) in [4.78, 5) is 0. The van der Waals surface area contributed by atoms with Crippen molar-refractivity contribution in [2.24, 2.45) is 0 Å². The van der Waals surface area contributed by atoms with E-state index >= 15 is 0 Å². The molecule has 1 rings (SSSR count). The summed E-state index contributed by atoms with van der Waals surface area (Å²) >= 11 is 5.05. The van der Waals surface area contributed by atoms with Crippen LogP contribution in [-0.2, 0) is 0 Å². The number of nitrogens with zero attached hydrogens (tertiary/aromatic N) is 3. The van der Waals surface area contributed by atoms with Crippen LogP contribution in [0.4, 0.5) is 0 Å². The van der Waals surface area contributed by atoms with Gasteiger partial charge < -0.3 is 5.32 Å². The minimum Gasteiger partial charge on any atom is -0.357 e. The third-order valence-electron chi connectivity index (χ3n) is 1.14. The van der Waals surface area contributed by atoms with E-state index in [0.717, 1.165) is 0 Å². The first kappa shape index (κ1) is 9.91. The standard InChI is InChI=1S/C7H13N5S/c1-7(2,3)10-6(13)11-12-4-8-9-5-12/h4-5H,1-3H3,(H2,10,11,13). The largest absolute Gasteiger partial charge is 0.357 e. The highest BCUT2D eigenvalue weighted by atomic mass is 32.1. The molecule has 0 radical (unpaired) electrons. The molecule has 72 valence electrons. The molecule has 0 aliphatic rings. The number of hydrogen-bond donors (Lipinski definition) is 2. The van der Waals surface area contributed by atoms with Gasteiger partial charge in [-0.3, -0.25) is 5.43 Å². The quantitative estimate of drug-likeness (QED) is 0.645. The Morgan fingerprint density at radius 1 is 1.31 bits per heavy atom. The van der Waals surface area contributed by atoms with Crippen LogP contribution in [0.25, 0.3) is 0 Å². The van der Waals surface area contributed by atoms with E-state index in [0.29, 0.717) is 5.11 Å². The third kappa shape index (κ3) is 3.84. The second kappa shape index (κ2) is 3.69. The van der Waals surface area contributed by atoms with Gasteiger partial charge >= 0.3 is 0 Å². The van der Waals surface area contributed by atoms with Crippen LogP contribution in [0.2, 0.25) is 0 Å². The topological polar surface area (TPSA) is 54.8 Å². The Bertz CT molecular complexity index is 274. The Balaban J connectivity index is 2.43. The number of aromatic nitrogens is 3. The van der Waals surface area contributed by atoms with Crippen LogP contribution in [0.15, 0.2) is 12.7 Å². The normalized spacial score (nSPS) is 11.0. The monoisotopic (exact) mass is 199 g/mol. The maximum Gasteiger partial charge on any atom is 0.186 e. The number of thiocarbonyl (C=S) groups is 1. The van der Waals surface area contributed by atoms with E-state index < -0.39 is 0 Å². The lowest BCUT2D eigenvalue weighted by atomic mass is 10.1. The van der Waals surface area contributed by atoms with E-state index in [4.69, 9.17) is 12.2 Å². The van der Waals surface area contributed by atoms with Gasteiger partial charge in [-0.25, -0.2) is 4.68 Å². The van der Waals surface area contributed by atoms with Crippen molar-refractivity contribution in [3.8, 4) is 0 Å². The molecule has 0 aromatic carbocycles. The molecule has 1 heterocycles. The molecule has 5 nitrogen and oxygen atoms in total. The molecular formula is C7H13N5S. The molecular weight excluding hydrogens is 186 g/mol. The molecule has 1 aromatic heterocycles. The van der Waals surface area contributed by atoms with Crippen molar-refractivity contribution >= 4 is 17.3 Å². The molecule has 2 N–H and O–H groups in total. The van der Waals surface area contributed by atoms with E-state index in [-0.39, 0.29) is 5.54 Å². The van der Waals surface area contributed by atoms with Crippen molar-refractivity contribution < 1.29 is 0 Å². The lowest BCUT2D eigenvalue weighted by molar-refractivity contribution is 0.512. The second-order valence-corrected chi connectivity index (χ2v) is 4.09. The predicted octanol–water partition coefficient (Wildman–Crippen LogP) is 0.495. The average molecular weight is 199 g/mol. The van der Waals surface area contributed by atoms with Gasteiger partial charge in [0.15, 0.2) is 5.11 Å². The van der Waals surface area contributed by atoms with Crippen molar-refractivity contribution in [1.29, 1.82) is 0 Å². The highest BCUT2D eigenvalue weighted by Crippen LogP contribution is 1.97. The van der Waals surface area contributed by atoms with Crippen LogP contribution in [-0.4, -0.2) is 25.5 Å². The Morgan fingerprint density at radius 3 is 2.31 bits per heavy atom. The summed E-state index contributed by atoms with van der Waals surface area (Å²) in [7, 11) is 0. The maximum absolute atomic E-state index is 5.05. The molecule has 0 unspecified atom stereocenters. The molecule has 1 aromatic rings. The molecule has 0 fully saturated rings. The SMILES string of the molecule is CC(C)(C)NC(=S)Nn1cnnc1. The van der Waals surface area contributed by atoms with Crippen LogP contribution in [0.5, 0.6) is 0 Å². The van der Waals surface area contributed by atoms with Gasteiger partial charge in [0.1, 0.15) is 12.7 Å². The Morgan fingerprint density at radius 2 is 1.85 bits per heavy atom. The van der Waals surface area contributed by atoms with Gasteiger partial charge in [-0.2, -0.15) is 0 Å². The van der Waals surface area contributed by atoms with Crippen LogP contribution < -0.4 is 10.7 Å². The summed E-state index contributed by atoms with van der Waals surface area (Å²) in [6, 6.07) is 0. The lowest BCUT2D eigenvalue weighted by Gasteiger charge is -2.22. The van der Waals surface area contributed by atoms with Crippen LogP contribution in [0, 0.1) is 0 Å². The fourth-order valence-electron chi connectivity index (χ4n) is 0.744. The summed E-state index contributed by atoms with van der Waals surface area (Å²) in [5.74, 6) is 0. The molecule has 6 heteroatoms. The molecule has 0 amide bonds. The van der Waals surface area contributed by atoms with Gasteiger partial charge in [0.2, 0.25) is 0 Å². The highest BCUT2D eigenvalue weighted by Gasteiger charge is 2.10. The van der Waals surface area contributed by atoms with E-state index in [2.05, 4.69) is 20.9 Å². The second-order valence-electron chi connectivity index (χ2n) is 3.69. The van der Waals surface area contributed by atoms with Gasteiger partial charge in [-0.1, -0.05) is 0 Å². The van der Waals surface area contributed by atoms with Gasteiger partial charge in [0.25, 0.3) is 0 Å². The lowest BCUT2D eigenvalue weighted by Crippen LogP contribution is -2.44. The van der Waals surface area contributed by atoms with Gasteiger partial charge in [-0.15, -0.1) is 10.2 Å². The summed E-state index contributed by atoms with van der Waals surface area (Å²) in [6.07, 6.45) is 3.08. The summed E-state index contributed by atoms with van der Waals surface area (Å²) < 4.78 is 1.58. The van der Waals surface area contributed by atoms with Crippen LogP contribution >= 0.6 is 12.2 Å². The zero-order valence-corrected chi connectivity index (χ0v) is 8.72. The van der Waals surface area contributed by atoms with Crippen molar-refractivity contribution in [2.45, 2.75) is 26.3 Å². The maximum atomic E-state index is 5.05. The molecule has 0 spiro atoms. The molecule has 0 atom stereocenters. The van der Waals surface area contributed by atoms with E-state index in [1.54, 1.807) is 4.68 Å². The number of hydrogen-bond acceptors (Lipinski definition) is 3. The summed E-state index contributed by atoms with van der Waals surface area (Å²) in [6.45, 7) is 6.10. The zero-order chi connectivity index (χ0) is 9.90. The van der Waals surface area contributed by atoms with E-state index in [1.165, 1.54) is 12.7 Å². The minimum atomic E-state index is -0.0436. The highest BCUT2D eigenvalue weighted by molar-refractivity contribution is 7.80. The Kier molecular flexibility index (Phi) is 2.82. The summed E-state index contributed by atoms with van der Waals surface area (Å²) in [5.41, 5.74) is 2.85. The molecule has 0 aliphatic heterocycles. The zero-order valence-electron chi connectivity index (χ0n) is 7.90. The fourth-order valence-corrected chi connectivity index (χ4v) is 1.16. The van der Waals surface area contributed by atoms with E-state index in [9.17, 15) is 0 Å². The smallest absolute Gasteiger partial charge is 0.186 e. The number of nitrogens with one attached hydrogen (secondary N) is 2. The molecule has 0 saturated heterocycles. The first-order valence-corrected chi connectivity index (χ1v) is 4.32. The number of rotatable bonds is 1. The third-order valence-corrected chi connectivity index (χ3v) is 1.33. The Labute approximate surface area is 82.5 Å². The predicted molar refractivity (Wildman–Crippen MR) is 54.9 cm³/mol. The van der Waals surface area contributed by atoms with Crippen molar-refractivity contribution in [2.75, 3.05) is 5.43 Å². The van der Waals surface area contributed by atoms with Crippen molar-refractivity contribution in [1.82, 2.24) is 20.2 Å². The average Bonchev–Trinajstić information content (AvgIpc) is 2.34. The summed E-state index contributed by atoms with van der Waals surface area (Å²) in [5, 5.41) is 10.9. The first-order chi connectivity index (χ1) is 5.97.